The van der Waals surface area contributed by atoms with E-state index >= 15 is 14.4 Å². The highest BCUT2D eigenvalue weighted by atomic mass is 32.2. The quantitative estimate of drug-likeness (QED) is 0.0132. The van der Waals surface area contributed by atoms with Gasteiger partial charge >= 0.3 is 12.1 Å². The van der Waals surface area contributed by atoms with E-state index < -0.39 is 58.1 Å². The number of hydrogen-bond donors (Lipinski definition) is 2. The maximum Gasteiger partial charge on any atom is 0.413 e. The second-order valence-electron chi connectivity index (χ2n) is 21.9. The molecule has 3 amide bonds. The van der Waals surface area contributed by atoms with Crippen molar-refractivity contribution in [2.75, 3.05) is 16.2 Å². The normalized spacial score (nSPS) is 15.1. The van der Waals surface area contributed by atoms with Crippen LogP contribution in [0.5, 0.6) is 0 Å². The summed E-state index contributed by atoms with van der Waals surface area (Å²) in [5.41, 5.74) is 3.33. The second kappa shape index (κ2) is 27.1. The van der Waals surface area contributed by atoms with Gasteiger partial charge in [0.2, 0.25) is 5.60 Å². The number of benzene rings is 8. The average Bonchev–Trinajstić information content (AvgIpc) is 0.964. The zero-order chi connectivity index (χ0) is 62.1. The third-order valence-electron chi connectivity index (χ3n) is 15.1. The number of carbonyl (C=O) groups is 4. The molecule has 90 heavy (non-hydrogen) atoms. The standard InChI is InChI=1S/C71H60N8O7S4/c1-69(2,3)85-68(83)74-67-72-56(45-88-67)59(76-86-71(53-38-22-9-23-39-53,54-40-24-10-25-41-54)55-42-26-11-27-43-55)63(80)73-60-64(81)79-61(66(82)84-62(48-28-12-4-13-29-48)49-30-14-5-15-31-49)57(46-87-65(60)79)89-47-90-58-44-78(77-75-58)70(50-32-16-6-17-33-50,51-34-18-7-19-35-51)52-36-20-8-21-37-52/h4-45,60,62,65H,46-47H2,1-3H3,(H,73,80)(H,72,74,83)/b76-59-/t60-,65+/m1/s1. The van der Waals surface area contributed by atoms with Crippen molar-refractivity contribution in [1.29, 1.82) is 0 Å². The molecule has 12 rings (SSSR count). The number of thiazole rings is 1. The topological polar surface area (TPSA) is 179 Å². The Morgan fingerprint density at radius 1 is 0.644 bits per heavy atom. The Morgan fingerprint density at radius 2 is 1.11 bits per heavy atom. The first-order chi connectivity index (χ1) is 43.9. The monoisotopic (exact) mass is 1260 g/mol. The van der Waals surface area contributed by atoms with Crippen LogP contribution in [0.1, 0.15) is 77.1 Å². The van der Waals surface area contributed by atoms with E-state index in [1.54, 1.807) is 26.2 Å². The predicted octanol–water partition coefficient (Wildman–Crippen LogP) is 14.1. The van der Waals surface area contributed by atoms with Gasteiger partial charge in [0.1, 0.15) is 39.0 Å². The molecule has 19 heteroatoms. The number of β-lactam (4-membered cyclic amide) rings is 1. The van der Waals surface area contributed by atoms with Gasteiger partial charge in [-0.2, -0.15) is 0 Å². The van der Waals surface area contributed by atoms with Crippen LogP contribution in [-0.4, -0.2) is 82.3 Å². The lowest BCUT2D eigenvalue weighted by Crippen LogP contribution is -2.71. The van der Waals surface area contributed by atoms with Gasteiger partial charge < -0.3 is 19.6 Å². The molecule has 4 heterocycles. The van der Waals surface area contributed by atoms with Crippen molar-refractivity contribution in [1.82, 2.24) is 30.2 Å². The number of aromatic nitrogens is 4. The molecule has 0 aliphatic carbocycles. The van der Waals surface area contributed by atoms with Crippen molar-refractivity contribution in [3.8, 4) is 0 Å². The molecular weight excluding hydrogens is 1210 g/mol. The summed E-state index contributed by atoms with van der Waals surface area (Å²) in [6, 6.07) is 77.1. The number of carbonyl (C=O) groups excluding carboxylic acids is 4. The molecule has 10 aromatic rings. The Bertz CT molecular complexity index is 3950. The van der Waals surface area contributed by atoms with Crippen molar-refractivity contribution in [2.45, 2.75) is 60.1 Å². The van der Waals surface area contributed by atoms with Gasteiger partial charge in [0, 0.05) is 32.7 Å². The highest BCUT2D eigenvalue weighted by Gasteiger charge is 2.55. The number of nitrogens with one attached hydrogen (secondary N) is 2. The number of rotatable bonds is 21. The minimum Gasteiger partial charge on any atom is -0.448 e. The molecule has 2 aliphatic rings. The SMILES string of the molecule is CC(C)(C)OC(=O)Nc1nc(/C(=N/OC(c2ccccc2)(c2ccccc2)c2ccccc2)C(=O)N[C@@H]2C(=O)N3C(C(=O)OC(c4ccccc4)c4ccccc4)=C(SCSc4cn(C(c5ccccc5)(c5ccccc5)c5ccccc5)nn4)CS[C@@H]23)cs1. The molecular formula is C71H60N8O7S4. The Kier molecular flexibility index (Phi) is 18.3. The van der Waals surface area contributed by atoms with Crippen molar-refractivity contribution in [3.05, 3.63) is 315 Å². The summed E-state index contributed by atoms with van der Waals surface area (Å²) < 4.78 is 14.0. The summed E-state index contributed by atoms with van der Waals surface area (Å²) in [6.45, 7) is 5.24. The van der Waals surface area contributed by atoms with Crippen LogP contribution in [0.2, 0.25) is 0 Å². The first-order valence-electron chi connectivity index (χ1n) is 28.9. The van der Waals surface area contributed by atoms with Gasteiger partial charge in [-0.3, -0.25) is 19.8 Å². The summed E-state index contributed by atoms with van der Waals surface area (Å²) in [4.78, 5) is 72.2. The molecule has 8 aromatic carbocycles. The van der Waals surface area contributed by atoms with Crippen LogP contribution in [0, 0.1) is 0 Å². The smallest absolute Gasteiger partial charge is 0.413 e. The van der Waals surface area contributed by atoms with Gasteiger partial charge in [-0.15, -0.1) is 40.0 Å². The molecule has 15 nitrogen and oxygen atoms in total. The van der Waals surface area contributed by atoms with Gasteiger partial charge in [-0.05, 0) is 48.6 Å². The van der Waals surface area contributed by atoms with Crippen molar-refractivity contribution >= 4 is 81.3 Å². The number of nitrogens with zero attached hydrogens (tertiary/aromatic N) is 6. The maximum atomic E-state index is 15.3. The van der Waals surface area contributed by atoms with E-state index in [0.717, 1.165) is 39.2 Å². The number of ether oxygens (including phenoxy) is 2. The largest absolute Gasteiger partial charge is 0.448 e. The molecule has 0 spiro atoms. The fraction of sp³-hybridized carbons (Fsp3) is 0.155. The van der Waals surface area contributed by atoms with E-state index in [1.165, 1.54) is 40.2 Å². The fourth-order valence-corrected chi connectivity index (χ4v) is 15.3. The van der Waals surface area contributed by atoms with E-state index in [4.69, 9.17) is 29.8 Å². The van der Waals surface area contributed by atoms with Crippen LogP contribution in [0.4, 0.5) is 9.93 Å². The first kappa shape index (κ1) is 60.7. The van der Waals surface area contributed by atoms with Crippen LogP contribution in [0.3, 0.4) is 0 Å². The molecule has 0 radical (unpaired) electrons. The lowest BCUT2D eigenvalue weighted by molar-refractivity contribution is -0.154. The summed E-state index contributed by atoms with van der Waals surface area (Å²) in [7, 11) is 0. The third kappa shape index (κ3) is 12.7. The van der Waals surface area contributed by atoms with Gasteiger partial charge in [0.05, 0.1) is 11.3 Å². The Balaban J connectivity index is 0.875. The van der Waals surface area contributed by atoms with Gasteiger partial charge in [0.15, 0.2) is 16.9 Å². The van der Waals surface area contributed by atoms with E-state index in [0.29, 0.717) is 31.7 Å². The molecule has 1 saturated heterocycles. The number of thioether (sulfide) groups is 3. The Labute approximate surface area is 538 Å². The number of amides is 3. The number of hydrogen-bond acceptors (Lipinski definition) is 15. The molecule has 0 bridgehead atoms. The lowest BCUT2D eigenvalue weighted by Gasteiger charge is -2.49. The minimum absolute atomic E-state index is 0.0469. The summed E-state index contributed by atoms with van der Waals surface area (Å²) in [5.74, 6) is -1.77. The predicted molar refractivity (Wildman–Crippen MR) is 355 cm³/mol. The van der Waals surface area contributed by atoms with Crippen LogP contribution < -0.4 is 10.6 Å². The molecule has 2 N–H and O–H groups in total. The first-order valence-corrected chi connectivity index (χ1v) is 32.8. The molecule has 0 saturated carbocycles. The van der Waals surface area contributed by atoms with Gasteiger partial charge in [-0.25, -0.2) is 19.3 Å². The van der Waals surface area contributed by atoms with Crippen molar-refractivity contribution in [3.63, 3.8) is 0 Å². The van der Waals surface area contributed by atoms with Gasteiger partial charge in [-0.1, -0.05) is 265 Å². The van der Waals surface area contributed by atoms with E-state index in [2.05, 4.69) is 52.0 Å². The number of fused-ring (bicyclic) bond motifs is 1. The maximum absolute atomic E-state index is 15.3. The second-order valence-corrected chi connectivity index (χ2v) is 26.3. The number of oxime groups is 1. The van der Waals surface area contributed by atoms with Crippen LogP contribution in [0.25, 0.3) is 0 Å². The molecule has 0 unspecified atom stereocenters. The minimum atomic E-state index is -1.41. The summed E-state index contributed by atoms with van der Waals surface area (Å²) in [5, 5.41) is 21.9. The number of anilines is 1. The van der Waals surface area contributed by atoms with Crippen molar-refractivity contribution < 1.29 is 33.5 Å². The molecule has 450 valence electrons. The Hall–Kier alpha value is -9.53. The summed E-state index contributed by atoms with van der Waals surface area (Å²) >= 11 is 5.31. The van der Waals surface area contributed by atoms with Gasteiger partial charge in [0.25, 0.3) is 11.8 Å². The van der Waals surface area contributed by atoms with Crippen molar-refractivity contribution in [2.24, 2.45) is 5.16 Å². The zero-order valence-electron chi connectivity index (χ0n) is 49.1. The summed E-state index contributed by atoms with van der Waals surface area (Å²) in [6.07, 6.45) is 0.371. The number of esters is 1. The molecule has 2 aromatic heterocycles. The van der Waals surface area contributed by atoms with Crippen LogP contribution >= 0.6 is 46.6 Å². The molecule has 1 fully saturated rings. The van der Waals surface area contributed by atoms with E-state index in [9.17, 15) is 4.79 Å². The highest BCUT2D eigenvalue weighted by molar-refractivity contribution is 8.18. The third-order valence-corrected chi connectivity index (χ3v) is 19.4. The average molecular weight is 1270 g/mol. The lowest BCUT2D eigenvalue weighted by atomic mass is 9.77. The van der Waals surface area contributed by atoms with Crippen LogP contribution in [0.15, 0.2) is 275 Å². The van der Waals surface area contributed by atoms with E-state index in [1.807, 2.05) is 217 Å². The Morgan fingerprint density at radius 3 is 1.59 bits per heavy atom. The molecule has 2 atom stereocenters. The van der Waals surface area contributed by atoms with Crippen LogP contribution in [-0.2, 0) is 39.8 Å². The molecule has 2 aliphatic heterocycles. The highest BCUT2D eigenvalue weighted by Crippen LogP contribution is 2.47. The fourth-order valence-electron chi connectivity index (χ4n) is 11.0. The zero-order valence-corrected chi connectivity index (χ0v) is 52.3. The van der Waals surface area contributed by atoms with E-state index in [-0.39, 0.29) is 28.0 Å².